The molecule has 1 aromatic carbocycles. The third-order valence-corrected chi connectivity index (χ3v) is 5.36. The fourth-order valence-electron chi connectivity index (χ4n) is 2.68. The zero-order valence-electron chi connectivity index (χ0n) is 18.7. The molecule has 0 aliphatic heterocycles. The van der Waals surface area contributed by atoms with Crippen molar-refractivity contribution in [3.63, 3.8) is 0 Å². The van der Waals surface area contributed by atoms with Crippen LogP contribution in [0.15, 0.2) is 29.1 Å². The van der Waals surface area contributed by atoms with Gasteiger partial charge in [0.2, 0.25) is 5.91 Å². The number of thiazole rings is 1. The average molecular weight is 475 g/mol. The van der Waals surface area contributed by atoms with Crippen molar-refractivity contribution in [3.8, 4) is 6.07 Å². The molecule has 0 fully saturated rings. The maximum Gasteiger partial charge on any atom is 0.351 e. The second-order valence-electron chi connectivity index (χ2n) is 6.49. The van der Waals surface area contributed by atoms with Crippen LogP contribution in [0.3, 0.4) is 0 Å². The minimum absolute atomic E-state index is 0.0743. The molecule has 1 aromatic heterocycles. The molecule has 0 unspecified atom stereocenters. The van der Waals surface area contributed by atoms with E-state index in [4.69, 9.17) is 14.2 Å². The van der Waals surface area contributed by atoms with Crippen LogP contribution in [0.25, 0.3) is 11.8 Å². The maximum absolute atomic E-state index is 12.7. The van der Waals surface area contributed by atoms with Crippen molar-refractivity contribution in [3.05, 3.63) is 43.8 Å². The highest BCUT2D eigenvalue weighted by Gasteiger charge is 2.16. The van der Waals surface area contributed by atoms with E-state index in [0.717, 1.165) is 11.3 Å². The molecule has 0 saturated carbocycles. The average Bonchev–Trinajstić information content (AvgIpc) is 3.12. The van der Waals surface area contributed by atoms with Gasteiger partial charge in [0, 0.05) is 31.2 Å². The smallest absolute Gasteiger partial charge is 0.351 e. The van der Waals surface area contributed by atoms with Gasteiger partial charge >= 0.3 is 5.97 Å². The molecule has 0 spiro atoms. The first-order valence-corrected chi connectivity index (χ1v) is 11.0. The van der Waals surface area contributed by atoms with Crippen LogP contribution < -0.4 is 25.4 Å². The summed E-state index contributed by atoms with van der Waals surface area (Å²) in [5.74, 6) is -1.04. The molecule has 0 aliphatic carbocycles. The SMILES string of the molecule is CCOC(=O)C(C#N)=c1sc(=CNc2ccc(NC(=O)COCCOC)cc2)c(=O)n1CC. The van der Waals surface area contributed by atoms with Crippen molar-refractivity contribution < 1.29 is 23.8 Å². The van der Waals surface area contributed by atoms with Gasteiger partial charge in [-0.3, -0.25) is 14.2 Å². The van der Waals surface area contributed by atoms with Gasteiger partial charge in [0.25, 0.3) is 5.56 Å². The highest BCUT2D eigenvalue weighted by atomic mass is 32.1. The van der Waals surface area contributed by atoms with E-state index in [1.54, 1.807) is 45.2 Å². The standard InChI is InChI=1S/C22H26N4O6S/c1-4-26-20(28)18(33-21(26)17(12-23)22(29)32-5-2)13-24-15-6-8-16(9-7-15)25-19(27)14-31-11-10-30-3/h6-9,13,24H,4-5,10-11,14H2,1-3H3,(H,25,27). The number of nitrogens with one attached hydrogen (secondary N) is 2. The van der Waals surface area contributed by atoms with Crippen molar-refractivity contribution in [2.45, 2.75) is 20.4 Å². The lowest BCUT2D eigenvalue weighted by atomic mass is 10.3. The predicted molar refractivity (Wildman–Crippen MR) is 125 cm³/mol. The quantitative estimate of drug-likeness (QED) is 0.358. The number of rotatable bonds is 11. The Balaban J connectivity index is 2.17. The van der Waals surface area contributed by atoms with Crippen LogP contribution in [0.1, 0.15) is 13.8 Å². The van der Waals surface area contributed by atoms with Crippen LogP contribution in [0.2, 0.25) is 0 Å². The van der Waals surface area contributed by atoms with E-state index in [1.807, 2.05) is 6.07 Å². The molecule has 176 valence electrons. The summed E-state index contributed by atoms with van der Waals surface area (Å²) >= 11 is 1.03. The monoisotopic (exact) mass is 474 g/mol. The van der Waals surface area contributed by atoms with E-state index in [2.05, 4.69) is 10.6 Å². The van der Waals surface area contributed by atoms with Gasteiger partial charge in [0.05, 0.1) is 19.8 Å². The normalized spacial score (nSPS) is 12.1. The van der Waals surface area contributed by atoms with Crippen LogP contribution in [-0.2, 0) is 30.3 Å². The van der Waals surface area contributed by atoms with Gasteiger partial charge < -0.3 is 24.8 Å². The Morgan fingerprint density at radius 2 is 1.88 bits per heavy atom. The minimum atomic E-state index is -0.760. The van der Waals surface area contributed by atoms with Crippen LogP contribution in [0.4, 0.5) is 11.4 Å². The highest BCUT2D eigenvalue weighted by molar-refractivity contribution is 7.07. The number of methoxy groups -OCH3 is 1. The predicted octanol–water partition coefficient (Wildman–Crippen LogP) is 0.619. The number of nitrogens with zero attached hydrogens (tertiary/aromatic N) is 2. The molecule has 10 nitrogen and oxygen atoms in total. The Hall–Kier alpha value is -3.46. The second-order valence-corrected chi connectivity index (χ2v) is 7.52. The third-order valence-electron chi connectivity index (χ3n) is 4.23. The fraction of sp³-hybridized carbons (Fsp3) is 0.364. The van der Waals surface area contributed by atoms with Gasteiger partial charge in [-0.1, -0.05) is 0 Å². The summed E-state index contributed by atoms with van der Waals surface area (Å²) in [5.41, 5.74) is 0.748. The number of carbonyl (C=O) groups excluding carboxylic acids is 2. The van der Waals surface area contributed by atoms with Crippen LogP contribution in [0.5, 0.6) is 0 Å². The van der Waals surface area contributed by atoms with Gasteiger partial charge in [-0.05, 0) is 38.1 Å². The molecule has 2 aromatic rings. The lowest BCUT2D eigenvalue weighted by Gasteiger charge is -2.07. The Bertz CT molecular complexity index is 1180. The molecule has 2 N–H and O–H groups in total. The van der Waals surface area contributed by atoms with Gasteiger partial charge in [-0.25, -0.2) is 4.79 Å². The number of esters is 1. The summed E-state index contributed by atoms with van der Waals surface area (Å²) in [6, 6.07) is 8.71. The topological polar surface area (TPSA) is 132 Å². The van der Waals surface area contributed by atoms with Gasteiger partial charge in [0.15, 0.2) is 5.57 Å². The second kappa shape index (κ2) is 13.2. The molecule has 2 rings (SSSR count). The first-order chi connectivity index (χ1) is 15.9. The molecule has 0 radical (unpaired) electrons. The summed E-state index contributed by atoms with van der Waals surface area (Å²) in [4.78, 5) is 36.6. The number of nitriles is 1. The number of ether oxygens (including phenoxy) is 3. The number of hydrogen-bond acceptors (Lipinski definition) is 9. The number of aromatic nitrogens is 1. The van der Waals surface area contributed by atoms with Crippen molar-refractivity contribution in [2.75, 3.05) is 44.2 Å². The lowest BCUT2D eigenvalue weighted by molar-refractivity contribution is -0.136. The molecular weight excluding hydrogens is 448 g/mol. The van der Waals surface area contributed by atoms with E-state index >= 15 is 0 Å². The van der Waals surface area contributed by atoms with Crippen LogP contribution >= 0.6 is 11.3 Å². The Labute approximate surface area is 194 Å². The zero-order chi connectivity index (χ0) is 24.2. The number of anilines is 2. The minimum Gasteiger partial charge on any atom is -0.462 e. The van der Waals surface area contributed by atoms with E-state index in [-0.39, 0.29) is 34.9 Å². The van der Waals surface area contributed by atoms with E-state index in [9.17, 15) is 19.6 Å². The summed E-state index contributed by atoms with van der Waals surface area (Å²) in [7, 11) is 1.55. The first kappa shape index (κ1) is 25.8. The Morgan fingerprint density at radius 1 is 1.18 bits per heavy atom. The Morgan fingerprint density at radius 3 is 2.48 bits per heavy atom. The molecule has 0 saturated heterocycles. The first-order valence-electron chi connectivity index (χ1n) is 10.2. The molecule has 0 atom stereocenters. The summed E-state index contributed by atoms with van der Waals surface area (Å²) in [5, 5.41) is 15.1. The molecular formula is C22H26N4O6S. The lowest BCUT2D eigenvalue weighted by Crippen LogP contribution is -2.32. The third kappa shape index (κ3) is 7.28. The molecule has 0 bridgehead atoms. The molecule has 0 aliphatic rings. The molecule has 1 heterocycles. The fourth-order valence-corrected chi connectivity index (χ4v) is 3.76. The van der Waals surface area contributed by atoms with E-state index < -0.39 is 5.97 Å². The molecule has 33 heavy (non-hydrogen) atoms. The summed E-state index contributed by atoms with van der Waals surface area (Å²) in [6.45, 7) is 4.50. The number of amides is 1. The van der Waals surface area contributed by atoms with Crippen molar-refractivity contribution in [1.82, 2.24) is 4.57 Å². The molecule has 1 amide bonds. The van der Waals surface area contributed by atoms with E-state index in [1.165, 1.54) is 10.8 Å². The zero-order valence-corrected chi connectivity index (χ0v) is 19.5. The Kier molecular flexibility index (Phi) is 10.3. The van der Waals surface area contributed by atoms with Gasteiger partial charge in [0.1, 0.15) is 21.9 Å². The summed E-state index contributed by atoms with van der Waals surface area (Å²) in [6.07, 6.45) is 1.51. The van der Waals surface area contributed by atoms with E-state index in [0.29, 0.717) is 35.7 Å². The van der Waals surface area contributed by atoms with Crippen LogP contribution in [-0.4, -0.2) is 50.0 Å². The van der Waals surface area contributed by atoms with Gasteiger partial charge in [-0.2, -0.15) is 5.26 Å². The van der Waals surface area contributed by atoms with Crippen molar-refractivity contribution in [1.29, 1.82) is 5.26 Å². The van der Waals surface area contributed by atoms with Gasteiger partial charge in [-0.15, -0.1) is 11.3 Å². The maximum atomic E-state index is 12.7. The van der Waals surface area contributed by atoms with Crippen LogP contribution in [0, 0.1) is 11.3 Å². The number of hydrogen-bond donors (Lipinski definition) is 2. The number of benzene rings is 1. The number of carbonyl (C=O) groups is 2. The molecule has 11 heteroatoms. The van der Waals surface area contributed by atoms with Crippen molar-refractivity contribution in [2.24, 2.45) is 0 Å². The largest absolute Gasteiger partial charge is 0.462 e. The summed E-state index contributed by atoms with van der Waals surface area (Å²) < 4.78 is 16.9. The highest BCUT2D eigenvalue weighted by Crippen LogP contribution is 2.13. The van der Waals surface area contributed by atoms with Crippen molar-refractivity contribution >= 4 is 46.4 Å².